The summed E-state index contributed by atoms with van der Waals surface area (Å²) in [5.74, 6) is 2.19. The Morgan fingerprint density at radius 2 is 1.82 bits per heavy atom. The average molecular weight is 404 g/mol. The fourth-order valence-electron chi connectivity index (χ4n) is 6.63. The highest BCUT2D eigenvalue weighted by Gasteiger charge is 2.56. The van der Waals surface area contributed by atoms with Crippen LogP contribution in [0.2, 0.25) is 5.02 Å². The quantitative estimate of drug-likeness (QED) is 0.709. The van der Waals surface area contributed by atoms with Gasteiger partial charge in [0.05, 0.1) is 11.6 Å². The second-order valence-corrected chi connectivity index (χ2v) is 9.66. The van der Waals surface area contributed by atoms with Crippen molar-refractivity contribution in [3.8, 4) is 5.75 Å². The molecule has 5 aliphatic rings. The first-order valence-electron chi connectivity index (χ1n) is 10.4. The highest BCUT2D eigenvalue weighted by molar-refractivity contribution is 6.33. The topological polar surface area (TPSA) is 66.8 Å². The molecule has 4 saturated carbocycles. The van der Waals surface area contributed by atoms with Gasteiger partial charge in [0.25, 0.3) is 5.91 Å². The molecule has 150 valence electrons. The fraction of sp³-hybridized carbons (Fsp3) is 0.636. The number of hydrogen-bond donors (Lipinski definition) is 1. The minimum atomic E-state index is -0.833. The van der Waals surface area contributed by atoms with Crippen LogP contribution in [0.25, 0.3) is 0 Å². The summed E-state index contributed by atoms with van der Waals surface area (Å²) in [6, 6.07) is 3.58. The van der Waals surface area contributed by atoms with Crippen LogP contribution < -0.4 is 4.74 Å². The molecule has 0 aromatic heterocycles. The number of benzene rings is 1. The van der Waals surface area contributed by atoms with Crippen molar-refractivity contribution >= 4 is 23.5 Å². The summed E-state index contributed by atoms with van der Waals surface area (Å²) in [6.45, 7) is 0.878. The smallest absolute Gasteiger partial charge is 0.303 e. The number of ether oxygens (including phenoxy) is 1. The SMILES string of the molecule is O=C(O)CCCOc1ccc2c(c1Cl)CN(C13CC4CC(CC(C4)C1)C3)C2=O. The van der Waals surface area contributed by atoms with Gasteiger partial charge in [-0.3, -0.25) is 9.59 Å². The van der Waals surface area contributed by atoms with Crippen molar-refractivity contribution in [2.24, 2.45) is 17.8 Å². The minimum absolute atomic E-state index is 0.0245. The summed E-state index contributed by atoms with van der Waals surface area (Å²) in [5, 5.41) is 9.25. The molecule has 1 aliphatic heterocycles. The lowest BCUT2D eigenvalue weighted by Crippen LogP contribution is -2.59. The predicted molar refractivity (Wildman–Crippen MR) is 105 cm³/mol. The molecule has 0 saturated heterocycles. The van der Waals surface area contributed by atoms with Crippen molar-refractivity contribution in [1.82, 2.24) is 4.90 Å². The standard InChI is InChI=1S/C22H26ClNO4/c23-20-17-12-24(22-9-13-6-14(10-22)8-15(7-13)11-22)21(27)16(17)3-4-18(20)28-5-1-2-19(25)26/h3-4,13-15H,1-2,5-12H2,(H,25,26). The van der Waals surface area contributed by atoms with Gasteiger partial charge in [-0.2, -0.15) is 0 Å². The van der Waals surface area contributed by atoms with Crippen LogP contribution in [-0.4, -0.2) is 34.0 Å². The number of amides is 1. The molecule has 28 heavy (non-hydrogen) atoms. The van der Waals surface area contributed by atoms with E-state index in [1.165, 1.54) is 19.3 Å². The lowest BCUT2D eigenvalue weighted by molar-refractivity contribution is -0.137. The fourth-order valence-corrected chi connectivity index (χ4v) is 6.90. The Kier molecular flexibility index (Phi) is 4.34. The van der Waals surface area contributed by atoms with E-state index in [-0.39, 0.29) is 17.9 Å². The molecule has 6 rings (SSSR count). The number of aliphatic carboxylic acids is 1. The first-order chi connectivity index (χ1) is 13.4. The van der Waals surface area contributed by atoms with E-state index in [1.54, 1.807) is 6.07 Å². The highest BCUT2D eigenvalue weighted by Crippen LogP contribution is 2.59. The monoisotopic (exact) mass is 403 g/mol. The van der Waals surface area contributed by atoms with Gasteiger partial charge in [0.2, 0.25) is 0 Å². The summed E-state index contributed by atoms with van der Waals surface area (Å²) in [4.78, 5) is 26.0. The van der Waals surface area contributed by atoms with Crippen LogP contribution in [0.3, 0.4) is 0 Å². The molecule has 4 aliphatic carbocycles. The Bertz CT molecular complexity index is 801. The molecule has 4 bridgehead atoms. The molecule has 4 fully saturated rings. The number of hydrogen-bond acceptors (Lipinski definition) is 3. The van der Waals surface area contributed by atoms with Crippen molar-refractivity contribution in [2.45, 2.75) is 63.5 Å². The lowest BCUT2D eigenvalue weighted by atomic mass is 9.52. The second-order valence-electron chi connectivity index (χ2n) is 9.28. The van der Waals surface area contributed by atoms with Gasteiger partial charge >= 0.3 is 5.97 Å². The Hall–Kier alpha value is -1.75. The van der Waals surface area contributed by atoms with E-state index < -0.39 is 5.97 Å². The number of rotatable bonds is 6. The third kappa shape index (κ3) is 2.90. The van der Waals surface area contributed by atoms with Gasteiger partial charge in [-0.1, -0.05) is 11.6 Å². The van der Waals surface area contributed by atoms with E-state index in [9.17, 15) is 9.59 Å². The Balaban J connectivity index is 1.36. The molecule has 1 N–H and O–H groups in total. The zero-order chi connectivity index (χ0) is 19.5. The van der Waals surface area contributed by atoms with Crippen LogP contribution in [-0.2, 0) is 11.3 Å². The van der Waals surface area contributed by atoms with Crippen molar-refractivity contribution in [2.75, 3.05) is 6.61 Å². The highest BCUT2D eigenvalue weighted by atomic mass is 35.5. The van der Waals surface area contributed by atoms with Crippen LogP contribution in [0.5, 0.6) is 5.75 Å². The van der Waals surface area contributed by atoms with Crippen molar-refractivity contribution in [3.05, 3.63) is 28.3 Å². The number of carboxylic acids is 1. The summed E-state index contributed by atoms with van der Waals surface area (Å²) >= 11 is 6.61. The number of carboxylic acid groups (broad SMARTS) is 1. The third-order valence-corrected chi connectivity index (χ3v) is 7.78. The van der Waals surface area contributed by atoms with E-state index in [0.717, 1.165) is 42.6 Å². The molecular formula is C22H26ClNO4. The summed E-state index contributed by atoms with van der Waals surface area (Å²) < 4.78 is 5.71. The summed E-state index contributed by atoms with van der Waals surface area (Å²) in [6.07, 6.45) is 8.00. The first kappa shape index (κ1) is 18.3. The van der Waals surface area contributed by atoms with Crippen molar-refractivity contribution < 1.29 is 19.4 Å². The maximum Gasteiger partial charge on any atom is 0.303 e. The molecule has 0 atom stereocenters. The Morgan fingerprint density at radius 3 is 2.43 bits per heavy atom. The van der Waals surface area contributed by atoms with Crippen LogP contribution in [0, 0.1) is 17.8 Å². The van der Waals surface area contributed by atoms with Crippen LogP contribution in [0.1, 0.15) is 67.3 Å². The van der Waals surface area contributed by atoms with Gasteiger partial charge in [0.15, 0.2) is 0 Å². The second kappa shape index (κ2) is 6.65. The number of halogens is 1. The molecule has 0 spiro atoms. The molecule has 6 heteroatoms. The van der Waals surface area contributed by atoms with Gasteiger partial charge in [-0.25, -0.2) is 0 Å². The van der Waals surface area contributed by atoms with E-state index >= 15 is 0 Å². The van der Waals surface area contributed by atoms with Gasteiger partial charge in [-0.15, -0.1) is 0 Å². The maximum absolute atomic E-state index is 13.3. The first-order valence-corrected chi connectivity index (χ1v) is 10.8. The van der Waals surface area contributed by atoms with Crippen LogP contribution in [0.4, 0.5) is 0 Å². The Morgan fingerprint density at radius 1 is 1.18 bits per heavy atom. The molecule has 1 amide bonds. The number of carbonyl (C=O) groups excluding carboxylic acids is 1. The van der Waals surface area contributed by atoms with Gasteiger partial charge < -0.3 is 14.7 Å². The molecule has 1 heterocycles. The van der Waals surface area contributed by atoms with E-state index in [0.29, 0.717) is 35.9 Å². The molecular weight excluding hydrogens is 378 g/mol. The van der Waals surface area contributed by atoms with Gasteiger partial charge in [0, 0.05) is 29.6 Å². The summed E-state index contributed by atoms with van der Waals surface area (Å²) in [5.41, 5.74) is 1.60. The van der Waals surface area contributed by atoms with Gasteiger partial charge in [0.1, 0.15) is 5.75 Å². The van der Waals surface area contributed by atoms with E-state index in [1.807, 2.05) is 6.07 Å². The molecule has 1 aromatic rings. The summed E-state index contributed by atoms with van der Waals surface area (Å²) in [7, 11) is 0. The third-order valence-electron chi connectivity index (χ3n) is 7.37. The van der Waals surface area contributed by atoms with E-state index in [2.05, 4.69) is 4.90 Å². The zero-order valence-corrected chi connectivity index (χ0v) is 16.7. The van der Waals surface area contributed by atoms with E-state index in [4.69, 9.17) is 21.4 Å². The van der Waals surface area contributed by atoms with Crippen LogP contribution >= 0.6 is 11.6 Å². The maximum atomic E-state index is 13.3. The number of nitrogens with zero attached hydrogens (tertiary/aromatic N) is 1. The van der Waals surface area contributed by atoms with Crippen LogP contribution in [0.15, 0.2) is 12.1 Å². The number of fused-ring (bicyclic) bond motifs is 1. The Labute approximate surface area is 170 Å². The van der Waals surface area contributed by atoms with Crippen molar-refractivity contribution in [1.29, 1.82) is 0 Å². The number of carbonyl (C=O) groups is 2. The van der Waals surface area contributed by atoms with Gasteiger partial charge in [-0.05, 0) is 74.8 Å². The molecule has 0 radical (unpaired) electrons. The zero-order valence-electron chi connectivity index (χ0n) is 16.0. The molecule has 0 unspecified atom stereocenters. The largest absolute Gasteiger partial charge is 0.492 e. The van der Waals surface area contributed by atoms with Crippen molar-refractivity contribution in [3.63, 3.8) is 0 Å². The minimum Gasteiger partial charge on any atom is -0.492 e. The predicted octanol–water partition coefficient (Wildman–Crippen LogP) is 4.51. The molecule has 5 nitrogen and oxygen atoms in total. The lowest BCUT2D eigenvalue weighted by Gasteiger charge is -2.59. The molecule has 1 aromatic carbocycles. The average Bonchev–Trinajstić information content (AvgIpc) is 2.97. The normalized spacial score (nSPS) is 32.7.